The minimum Gasteiger partial charge on any atom is -0.496 e. The van der Waals surface area contributed by atoms with Gasteiger partial charge in [0.05, 0.1) is 7.11 Å². The topological polar surface area (TPSA) is 55.4 Å². The molecule has 1 rings (SSSR count). The van der Waals surface area contributed by atoms with Crippen molar-refractivity contribution in [3.63, 3.8) is 0 Å². The normalized spacial score (nSPS) is 12.5. The van der Waals surface area contributed by atoms with Crippen molar-refractivity contribution in [3.8, 4) is 5.75 Å². The van der Waals surface area contributed by atoms with Crippen LogP contribution in [0, 0.1) is 0 Å². The van der Waals surface area contributed by atoms with E-state index in [1.807, 2.05) is 18.2 Å². The van der Waals surface area contributed by atoms with Crippen LogP contribution >= 0.6 is 11.8 Å². The van der Waals surface area contributed by atoms with Gasteiger partial charge in [-0.25, -0.2) is 13.1 Å². The maximum absolute atomic E-state index is 11.8. The largest absolute Gasteiger partial charge is 0.496 e. The van der Waals surface area contributed by atoms with E-state index in [4.69, 9.17) is 4.74 Å². The molecular formula is C13H19NO3S2. The summed E-state index contributed by atoms with van der Waals surface area (Å²) in [5.74, 6) is 0.678. The second kappa shape index (κ2) is 6.98. The molecule has 0 amide bonds. The third-order valence-electron chi connectivity index (χ3n) is 2.71. The van der Waals surface area contributed by atoms with Crippen LogP contribution in [0.15, 0.2) is 22.4 Å². The zero-order valence-corrected chi connectivity index (χ0v) is 13.2. The van der Waals surface area contributed by atoms with E-state index >= 15 is 0 Å². The van der Waals surface area contributed by atoms with Gasteiger partial charge >= 0.3 is 0 Å². The van der Waals surface area contributed by atoms with E-state index in [1.165, 1.54) is 18.8 Å². The fourth-order valence-electron chi connectivity index (χ4n) is 1.57. The van der Waals surface area contributed by atoms with E-state index < -0.39 is 10.0 Å². The predicted octanol–water partition coefficient (Wildman–Crippen LogP) is 2.47. The van der Waals surface area contributed by atoms with Gasteiger partial charge in [0, 0.05) is 5.56 Å². The van der Waals surface area contributed by atoms with Gasteiger partial charge in [-0.2, -0.15) is 0 Å². The number of sulfonamides is 1. The van der Waals surface area contributed by atoms with E-state index in [1.54, 1.807) is 19.4 Å². The van der Waals surface area contributed by atoms with Gasteiger partial charge in [-0.1, -0.05) is 19.1 Å². The molecule has 0 unspecified atom stereocenters. The number of aryl methyl sites for hydroxylation is 1. The lowest BCUT2D eigenvalue weighted by atomic mass is 10.1. The first-order valence-corrected chi connectivity index (χ1v) is 8.55. The Bertz CT molecular complexity index is 565. The van der Waals surface area contributed by atoms with Gasteiger partial charge in [0.2, 0.25) is 10.0 Å². The van der Waals surface area contributed by atoms with Gasteiger partial charge in [0.1, 0.15) is 9.99 Å². The molecular weight excluding hydrogens is 282 g/mol. The Labute approximate surface area is 119 Å². The molecule has 0 bridgehead atoms. The van der Waals surface area contributed by atoms with Gasteiger partial charge in [0.15, 0.2) is 0 Å². The maximum atomic E-state index is 11.8. The highest BCUT2D eigenvalue weighted by molar-refractivity contribution is 8.17. The molecule has 1 aromatic carbocycles. The number of hydrogen-bond donors (Lipinski definition) is 1. The summed E-state index contributed by atoms with van der Waals surface area (Å²) >= 11 is 1.18. The Kier molecular flexibility index (Phi) is 5.90. The van der Waals surface area contributed by atoms with Crippen molar-refractivity contribution in [3.05, 3.63) is 33.6 Å². The fourth-order valence-corrected chi connectivity index (χ4v) is 3.42. The van der Waals surface area contributed by atoms with E-state index in [0.717, 1.165) is 17.5 Å². The van der Waals surface area contributed by atoms with E-state index in [0.29, 0.717) is 5.75 Å². The van der Waals surface area contributed by atoms with Gasteiger partial charge in [-0.15, -0.1) is 11.8 Å². The molecule has 0 saturated heterocycles. The molecule has 0 saturated carbocycles. The number of benzene rings is 1. The van der Waals surface area contributed by atoms with Crippen LogP contribution in [0.1, 0.15) is 18.1 Å². The molecule has 0 heterocycles. The average Bonchev–Trinajstić information content (AvgIpc) is 2.44. The van der Waals surface area contributed by atoms with E-state index in [9.17, 15) is 8.42 Å². The first-order valence-electron chi connectivity index (χ1n) is 5.84. The summed E-state index contributed by atoms with van der Waals surface area (Å²) in [6.45, 7) is 2.06. The lowest BCUT2D eigenvalue weighted by molar-refractivity contribution is 0.413. The summed E-state index contributed by atoms with van der Waals surface area (Å²) in [4.78, 5) is 0. The molecule has 0 aliphatic rings. The number of thioether (sulfide) groups is 1. The summed E-state index contributed by atoms with van der Waals surface area (Å²) in [7, 11) is -0.450. The van der Waals surface area contributed by atoms with Gasteiger partial charge < -0.3 is 4.74 Å². The summed E-state index contributed by atoms with van der Waals surface area (Å²) in [5, 5.41) is 0. The van der Waals surface area contributed by atoms with Crippen LogP contribution in [0.3, 0.4) is 0 Å². The smallest absolute Gasteiger partial charge is 0.246 e. The van der Waals surface area contributed by atoms with Gasteiger partial charge in [0.25, 0.3) is 0 Å². The Morgan fingerprint density at radius 2 is 2.16 bits per heavy atom. The summed E-state index contributed by atoms with van der Waals surface area (Å²) < 4.78 is 31.5. The molecule has 1 aromatic rings. The summed E-state index contributed by atoms with van der Waals surface area (Å²) in [6, 6.07) is 5.77. The van der Waals surface area contributed by atoms with Crippen molar-refractivity contribution in [2.45, 2.75) is 13.3 Å². The Morgan fingerprint density at radius 3 is 2.63 bits per heavy atom. The van der Waals surface area contributed by atoms with Crippen LogP contribution in [0.2, 0.25) is 0 Å². The van der Waals surface area contributed by atoms with Crippen molar-refractivity contribution >= 4 is 27.9 Å². The van der Waals surface area contributed by atoms with Crippen LogP contribution in [0.5, 0.6) is 5.75 Å². The molecule has 0 atom stereocenters. The number of rotatable bonds is 6. The first-order chi connectivity index (χ1) is 8.98. The number of hydrogen-bond acceptors (Lipinski definition) is 4. The van der Waals surface area contributed by atoms with Crippen molar-refractivity contribution < 1.29 is 13.2 Å². The first kappa shape index (κ1) is 16.1. The third kappa shape index (κ3) is 3.99. The minimum absolute atomic E-state index is 0.262. The van der Waals surface area contributed by atoms with Crippen molar-refractivity contribution in [2.75, 3.05) is 20.4 Å². The molecule has 0 aliphatic carbocycles. The highest BCUT2D eigenvalue weighted by Crippen LogP contribution is 2.27. The molecule has 0 fully saturated rings. The number of ether oxygens (including phenoxy) is 1. The molecule has 19 heavy (non-hydrogen) atoms. The minimum atomic E-state index is -3.43. The van der Waals surface area contributed by atoms with Crippen molar-refractivity contribution in [2.24, 2.45) is 0 Å². The van der Waals surface area contributed by atoms with Crippen LogP contribution < -0.4 is 9.46 Å². The summed E-state index contributed by atoms with van der Waals surface area (Å²) in [6.07, 6.45) is 4.26. The highest BCUT2D eigenvalue weighted by Gasteiger charge is 2.15. The highest BCUT2D eigenvalue weighted by atomic mass is 32.3. The fraction of sp³-hybridized carbons (Fsp3) is 0.385. The Hall–Kier alpha value is -0.980. The van der Waals surface area contributed by atoms with Crippen LogP contribution in [-0.2, 0) is 16.4 Å². The molecule has 1 N–H and O–H groups in total. The molecule has 4 nitrogen and oxygen atoms in total. The predicted molar refractivity (Wildman–Crippen MR) is 81.8 cm³/mol. The molecule has 0 aliphatic heterocycles. The van der Waals surface area contributed by atoms with Crippen molar-refractivity contribution in [1.82, 2.24) is 4.72 Å². The molecule has 106 valence electrons. The quantitative estimate of drug-likeness (QED) is 0.877. The van der Waals surface area contributed by atoms with Crippen LogP contribution in [0.4, 0.5) is 0 Å². The lowest BCUT2D eigenvalue weighted by Crippen LogP contribution is -2.18. The molecule has 6 heteroatoms. The monoisotopic (exact) mass is 301 g/mol. The second-order valence-electron chi connectivity index (χ2n) is 3.80. The summed E-state index contributed by atoms with van der Waals surface area (Å²) in [5.41, 5.74) is 1.90. The molecule has 0 radical (unpaired) electrons. The number of methoxy groups -OCH3 is 1. The Morgan fingerprint density at radius 1 is 1.47 bits per heavy atom. The molecule has 0 spiro atoms. The SMILES string of the molecule is CCc1ccc(/C=C(/SC)S(=O)(=O)NC)c(OC)c1. The molecule has 0 aromatic heterocycles. The van der Waals surface area contributed by atoms with Gasteiger partial charge in [-0.05, 0) is 37.4 Å². The van der Waals surface area contributed by atoms with Crippen LogP contribution in [-0.4, -0.2) is 28.8 Å². The third-order valence-corrected chi connectivity index (χ3v) is 5.58. The lowest BCUT2D eigenvalue weighted by Gasteiger charge is -2.09. The average molecular weight is 301 g/mol. The zero-order valence-electron chi connectivity index (χ0n) is 11.6. The Balaban J connectivity index is 3.30. The standard InChI is InChI=1S/C13H19NO3S2/c1-5-10-6-7-11(12(8-10)17-3)9-13(18-4)19(15,16)14-2/h6-9,14H,5H2,1-4H3/b13-9-. The zero-order chi connectivity index (χ0) is 14.5. The second-order valence-corrected chi connectivity index (χ2v) is 6.77. The van der Waals surface area contributed by atoms with Crippen LogP contribution in [0.25, 0.3) is 6.08 Å². The van der Waals surface area contributed by atoms with Gasteiger partial charge in [-0.3, -0.25) is 0 Å². The maximum Gasteiger partial charge on any atom is 0.246 e. The number of nitrogens with one attached hydrogen (secondary N) is 1. The van der Waals surface area contributed by atoms with E-state index in [2.05, 4.69) is 11.6 Å². The van der Waals surface area contributed by atoms with Crippen molar-refractivity contribution in [1.29, 1.82) is 0 Å². The van der Waals surface area contributed by atoms with E-state index in [-0.39, 0.29) is 4.24 Å².